The van der Waals surface area contributed by atoms with Crippen LogP contribution in [0.3, 0.4) is 0 Å². The monoisotopic (exact) mass is 351 g/mol. The molecule has 26 heavy (non-hydrogen) atoms. The highest BCUT2D eigenvalue weighted by Crippen LogP contribution is 2.34. The molecular weight excluding hydrogens is 322 g/mol. The molecule has 0 N–H and O–H groups in total. The van der Waals surface area contributed by atoms with E-state index >= 15 is 0 Å². The number of methoxy groups -OCH3 is 1. The van der Waals surface area contributed by atoms with Crippen molar-refractivity contribution >= 4 is 5.91 Å². The van der Waals surface area contributed by atoms with Crippen LogP contribution in [0.5, 0.6) is 5.75 Å². The Morgan fingerprint density at radius 2 is 1.88 bits per heavy atom. The van der Waals surface area contributed by atoms with Crippen molar-refractivity contribution in [3.63, 3.8) is 0 Å². The van der Waals surface area contributed by atoms with Gasteiger partial charge in [-0.25, -0.2) is 0 Å². The van der Waals surface area contributed by atoms with Gasteiger partial charge in [-0.3, -0.25) is 4.79 Å². The second kappa shape index (κ2) is 8.88. The molecule has 0 aromatic heterocycles. The first-order valence-electron chi connectivity index (χ1n) is 9.70. The Balaban J connectivity index is 1.63. The van der Waals surface area contributed by atoms with Gasteiger partial charge in [-0.05, 0) is 48.9 Å². The van der Waals surface area contributed by atoms with Crippen LogP contribution in [0.4, 0.5) is 0 Å². The number of rotatable bonds is 7. The summed E-state index contributed by atoms with van der Waals surface area (Å²) in [6.07, 6.45) is 4.66. The standard InChI is InChI=1S/C23H29NO2/c1-3-21(19-8-5-4-6-9-19)22-10-7-17-24(22)23(25)16-13-18-11-14-20(26-2)15-12-18/h4-6,8-9,11-12,14-15,21-22H,3,7,10,13,16-17H2,1-2H3/t21-,22-/m1/s1. The van der Waals surface area contributed by atoms with Gasteiger partial charge in [0.15, 0.2) is 0 Å². The van der Waals surface area contributed by atoms with Gasteiger partial charge in [0.1, 0.15) is 5.75 Å². The van der Waals surface area contributed by atoms with Gasteiger partial charge in [0.25, 0.3) is 0 Å². The van der Waals surface area contributed by atoms with E-state index < -0.39 is 0 Å². The van der Waals surface area contributed by atoms with Gasteiger partial charge < -0.3 is 9.64 Å². The van der Waals surface area contributed by atoms with Crippen LogP contribution in [-0.4, -0.2) is 30.5 Å². The van der Waals surface area contributed by atoms with Crippen molar-refractivity contribution in [2.45, 2.75) is 51.0 Å². The molecule has 0 spiro atoms. The minimum Gasteiger partial charge on any atom is -0.497 e. The van der Waals surface area contributed by atoms with E-state index in [-0.39, 0.29) is 5.91 Å². The van der Waals surface area contributed by atoms with Crippen LogP contribution in [0.2, 0.25) is 0 Å². The Kier molecular flexibility index (Phi) is 6.32. The van der Waals surface area contributed by atoms with E-state index in [1.54, 1.807) is 7.11 Å². The third-order valence-electron chi connectivity index (χ3n) is 5.54. The summed E-state index contributed by atoms with van der Waals surface area (Å²) in [5.41, 5.74) is 2.54. The maximum absolute atomic E-state index is 12.9. The van der Waals surface area contributed by atoms with Crippen molar-refractivity contribution < 1.29 is 9.53 Å². The van der Waals surface area contributed by atoms with Crippen LogP contribution >= 0.6 is 0 Å². The quantitative estimate of drug-likeness (QED) is 0.716. The van der Waals surface area contributed by atoms with Gasteiger partial charge in [0.2, 0.25) is 5.91 Å². The topological polar surface area (TPSA) is 29.5 Å². The fraction of sp³-hybridized carbons (Fsp3) is 0.435. The van der Waals surface area contributed by atoms with E-state index in [1.807, 2.05) is 24.3 Å². The number of benzene rings is 2. The summed E-state index contributed by atoms with van der Waals surface area (Å²) in [6, 6.07) is 19.0. The number of nitrogens with zero attached hydrogens (tertiary/aromatic N) is 1. The largest absolute Gasteiger partial charge is 0.497 e. The maximum Gasteiger partial charge on any atom is 0.223 e. The second-order valence-corrected chi connectivity index (χ2v) is 7.07. The minimum atomic E-state index is 0.290. The Morgan fingerprint density at radius 3 is 2.54 bits per heavy atom. The van der Waals surface area contributed by atoms with Gasteiger partial charge in [0.05, 0.1) is 7.11 Å². The van der Waals surface area contributed by atoms with Crippen LogP contribution < -0.4 is 4.74 Å². The number of aryl methyl sites for hydroxylation is 1. The predicted molar refractivity (Wildman–Crippen MR) is 106 cm³/mol. The summed E-state index contributed by atoms with van der Waals surface area (Å²) >= 11 is 0. The van der Waals surface area contributed by atoms with Crippen molar-refractivity contribution in [3.8, 4) is 5.75 Å². The molecule has 138 valence electrons. The molecular formula is C23H29NO2. The van der Waals surface area contributed by atoms with E-state index in [2.05, 4.69) is 42.2 Å². The SMILES string of the molecule is CC[C@H](c1ccccc1)[C@H]1CCCN1C(=O)CCc1ccc(OC)cc1. The van der Waals surface area contributed by atoms with Gasteiger partial charge in [-0.15, -0.1) is 0 Å². The van der Waals surface area contributed by atoms with Crippen LogP contribution in [-0.2, 0) is 11.2 Å². The summed E-state index contributed by atoms with van der Waals surface area (Å²) in [6.45, 7) is 3.13. The molecule has 0 aliphatic carbocycles. The van der Waals surface area contributed by atoms with Crippen LogP contribution in [0, 0.1) is 0 Å². The first-order chi connectivity index (χ1) is 12.7. The Bertz CT molecular complexity index is 696. The van der Waals surface area contributed by atoms with Gasteiger partial charge in [-0.2, -0.15) is 0 Å². The van der Waals surface area contributed by atoms with Crippen LogP contribution in [0.15, 0.2) is 54.6 Å². The molecule has 3 nitrogen and oxygen atoms in total. The smallest absolute Gasteiger partial charge is 0.223 e. The Hall–Kier alpha value is -2.29. The molecule has 2 aromatic rings. The first-order valence-corrected chi connectivity index (χ1v) is 9.70. The number of likely N-dealkylation sites (tertiary alicyclic amines) is 1. The van der Waals surface area contributed by atoms with E-state index in [9.17, 15) is 4.79 Å². The number of carbonyl (C=O) groups is 1. The number of hydrogen-bond acceptors (Lipinski definition) is 2. The van der Waals surface area contributed by atoms with Crippen LogP contribution in [0.1, 0.15) is 49.7 Å². The third-order valence-corrected chi connectivity index (χ3v) is 5.54. The van der Waals surface area contributed by atoms with E-state index in [0.29, 0.717) is 18.4 Å². The lowest BCUT2D eigenvalue weighted by atomic mass is 9.87. The molecule has 2 atom stereocenters. The van der Waals surface area contributed by atoms with Crippen molar-refractivity contribution in [1.82, 2.24) is 4.90 Å². The molecule has 3 heteroatoms. The van der Waals surface area contributed by atoms with Crippen molar-refractivity contribution in [3.05, 3.63) is 65.7 Å². The Labute approximate surface area is 157 Å². The highest BCUT2D eigenvalue weighted by molar-refractivity contribution is 5.77. The molecule has 0 saturated carbocycles. The van der Waals surface area contributed by atoms with Crippen molar-refractivity contribution in [1.29, 1.82) is 0 Å². The molecule has 3 rings (SSSR count). The summed E-state index contributed by atoms with van der Waals surface area (Å²) < 4.78 is 5.20. The highest BCUT2D eigenvalue weighted by atomic mass is 16.5. The van der Waals surface area contributed by atoms with Crippen molar-refractivity contribution in [2.75, 3.05) is 13.7 Å². The summed E-state index contributed by atoms with van der Waals surface area (Å²) in [7, 11) is 1.67. The normalized spacial score (nSPS) is 17.9. The van der Waals surface area contributed by atoms with E-state index in [4.69, 9.17) is 4.74 Å². The zero-order chi connectivity index (χ0) is 18.4. The molecule has 1 aliphatic rings. The molecule has 0 bridgehead atoms. The first kappa shape index (κ1) is 18.5. The average molecular weight is 351 g/mol. The third kappa shape index (κ3) is 4.27. The number of carbonyl (C=O) groups excluding carboxylic acids is 1. The molecule has 1 aliphatic heterocycles. The molecule has 1 fully saturated rings. The second-order valence-electron chi connectivity index (χ2n) is 7.07. The number of hydrogen-bond donors (Lipinski definition) is 0. The minimum absolute atomic E-state index is 0.290. The lowest BCUT2D eigenvalue weighted by molar-refractivity contribution is -0.132. The number of amides is 1. The van der Waals surface area contributed by atoms with Crippen LogP contribution in [0.25, 0.3) is 0 Å². The maximum atomic E-state index is 12.9. The lowest BCUT2D eigenvalue weighted by Crippen LogP contribution is -2.39. The van der Waals surface area contributed by atoms with Gasteiger partial charge in [-0.1, -0.05) is 49.4 Å². The lowest BCUT2D eigenvalue weighted by Gasteiger charge is -2.32. The molecule has 1 heterocycles. The van der Waals surface area contributed by atoms with E-state index in [1.165, 1.54) is 11.1 Å². The predicted octanol–water partition coefficient (Wildman–Crippen LogP) is 4.81. The zero-order valence-corrected chi connectivity index (χ0v) is 15.9. The summed E-state index contributed by atoms with van der Waals surface area (Å²) in [4.78, 5) is 15.0. The highest BCUT2D eigenvalue weighted by Gasteiger charge is 2.34. The number of ether oxygens (including phenoxy) is 1. The average Bonchev–Trinajstić information content (AvgIpc) is 3.17. The summed E-state index contributed by atoms with van der Waals surface area (Å²) in [5.74, 6) is 1.58. The fourth-order valence-electron chi connectivity index (χ4n) is 4.14. The molecule has 2 aromatic carbocycles. The Morgan fingerprint density at radius 1 is 1.15 bits per heavy atom. The fourth-order valence-corrected chi connectivity index (χ4v) is 4.14. The van der Waals surface area contributed by atoms with E-state index in [0.717, 1.165) is 38.0 Å². The summed E-state index contributed by atoms with van der Waals surface area (Å²) in [5, 5.41) is 0. The van der Waals surface area contributed by atoms with Gasteiger partial charge >= 0.3 is 0 Å². The molecule has 0 radical (unpaired) electrons. The molecule has 0 unspecified atom stereocenters. The molecule has 1 saturated heterocycles. The van der Waals surface area contributed by atoms with Gasteiger partial charge in [0, 0.05) is 24.9 Å². The molecule has 1 amide bonds. The zero-order valence-electron chi connectivity index (χ0n) is 15.9. The van der Waals surface area contributed by atoms with Crippen molar-refractivity contribution in [2.24, 2.45) is 0 Å².